The summed E-state index contributed by atoms with van der Waals surface area (Å²) in [6.45, 7) is 6.31. The van der Waals surface area contributed by atoms with Gasteiger partial charge in [0.15, 0.2) is 0 Å². The molecule has 57 heavy (non-hydrogen) atoms. The predicted octanol–water partition coefficient (Wildman–Crippen LogP) is 4.99. The first-order chi connectivity index (χ1) is 27.1. The standard InChI is InChI=1S/2C19H14OP.C7H9N.C4H10O.ClH.Ir/c2*20-15-16-9-7-8-14-19(16)21(17-10-3-1-4-11-17)18-12-5-2-6-13-18;8-6-7-4-2-1-3-5-7;1-3-5-4-2;;/h2*1-14H;1-5H,6,8H2;3-4H2,1-2H3;1H;/q2*-1;;;;+3/p-1. The number of hydrogen-bond donors (Lipinski definition) is 1. The van der Waals surface area contributed by atoms with Crippen LogP contribution in [0.15, 0.2) is 200 Å². The summed E-state index contributed by atoms with van der Waals surface area (Å²) < 4.78 is 4.83. The second-order valence-electron chi connectivity index (χ2n) is 11.7. The van der Waals surface area contributed by atoms with Crippen LogP contribution in [0.3, 0.4) is 0 Å². The van der Waals surface area contributed by atoms with Gasteiger partial charge in [-0.1, -0.05) is 180 Å². The number of hydrogen-bond acceptors (Lipinski definition) is 4. The largest absolute Gasteiger partial charge is 3.00 e. The molecule has 0 bridgehead atoms. The average Bonchev–Trinajstić information content (AvgIpc) is 3.27. The molecular weight excluding hydrogens is 940 g/mol. The minimum atomic E-state index is -0.735. The second-order valence-corrected chi connectivity index (χ2v) is 16.1. The Hall–Kier alpha value is -4.40. The summed E-state index contributed by atoms with van der Waals surface area (Å²) in [7, 11) is -1.47. The molecule has 0 radical (unpaired) electrons. The third kappa shape index (κ3) is 15.8. The zero-order valence-electron chi connectivity index (χ0n) is 32.1. The van der Waals surface area contributed by atoms with Gasteiger partial charge in [-0.25, -0.2) is 0 Å². The predicted molar refractivity (Wildman–Crippen MR) is 236 cm³/mol. The normalized spacial score (nSPS) is 9.77. The summed E-state index contributed by atoms with van der Waals surface area (Å²) in [5.74, 6) is 0. The molecule has 4 nitrogen and oxygen atoms in total. The Morgan fingerprint density at radius 1 is 0.439 bits per heavy atom. The van der Waals surface area contributed by atoms with Gasteiger partial charge in [-0.3, -0.25) is 0 Å². The van der Waals surface area contributed by atoms with E-state index >= 15 is 0 Å². The first kappa shape index (κ1) is 48.7. The van der Waals surface area contributed by atoms with Gasteiger partial charge in [-0.2, -0.15) is 12.1 Å². The molecule has 0 amide bonds. The van der Waals surface area contributed by atoms with Crippen LogP contribution < -0.4 is 50.0 Å². The molecule has 0 heterocycles. The molecule has 7 aromatic rings. The molecule has 0 saturated heterocycles. The fourth-order valence-corrected chi connectivity index (χ4v) is 10.3. The zero-order valence-corrected chi connectivity index (χ0v) is 37.0. The number of rotatable bonds is 11. The van der Waals surface area contributed by atoms with Gasteiger partial charge in [0.25, 0.3) is 0 Å². The van der Waals surface area contributed by atoms with Crippen LogP contribution in [0.5, 0.6) is 0 Å². The number of ether oxygens (including phenoxy) is 1. The second kappa shape index (κ2) is 28.9. The first-order valence-corrected chi connectivity index (χ1v) is 20.9. The number of nitrogens with two attached hydrogens (primary N) is 1. The van der Waals surface area contributed by atoms with Gasteiger partial charge in [-0.15, -0.1) is 46.0 Å². The Morgan fingerprint density at radius 2 is 0.702 bits per heavy atom. The van der Waals surface area contributed by atoms with Crippen molar-refractivity contribution in [2.45, 2.75) is 20.4 Å². The minimum Gasteiger partial charge on any atom is -1.00 e. The quantitative estimate of drug-likeness (QED) is 0.147. The monoisotopic (exact) mass is 987 g/mol. The van der Waals surface area contributed by atoms with Gasteiger partial charge in [0, 0.05) is 19.8 Å². The number of benzene rings is 7. The maximum Gasteiger partial charge on any atom is 3.00 e. The zero-order chi connectivity index (χ0) is 38.9. The summed E-state index contributed by atoms with van der Waals surface area (Å²) in [6.07, 6.45) is 4.16. The van der Waals surface area contributed by atoms with Crippen LogP contribution in [0.25, 0.3) is 0 Å². The molecule has 0 fully saturated rings. The van der Waals surface area contributed by atoms with E-state index in [9.17, 15) is 9.59 Å². The molecule has 8 heteroatoms. The molecule has 0 aliphatic heterocycles. The van der Waals surface area contributed by atoms with Crippen molar-refractivity contribution < 1.29 is 46.8 Å². The molecule has 7 rings (SSSR count). The molecule has 0 aliphatic carbocycles. The number of halogens is 1. The van der Waals surface area contributed by atoms with Crippen LogP contribution in [0.4, 0.5) is 0 Å². The molecular formula is C49H47ClIrNO3P2. The van der Waals surface area contributed by atoms with E-state index in [-0.39, 0.29) is 32.5 Å². The van der Waals surface area contributed by atoms with E-state index in [1.807, 2.05) is 166 Å². The van der Waals surface area contributed by atoms with Crippen LogP contribution >= 0.6 is 15.8 Å². The number of carbonyl (C=O) groups excluding carboxylic acids is 2. The van der Waals surface area contributed by atoms with E-state index in [2.05, 4.69) is 61.1 Å². The van der Waals surface area contributed by atoms with Gasteiger partial charge in [0.2, 0.25) is 0 Å². The molecule has 0 spiro atoms. The van der Waals surface area contributed by atoms with Crippen molar-refractivity contribution in [1.29, 1.82) is 0 Å². The van der Waals surface area contributed by atoms with Crippen molar-refractivity contribution in [3.8, 4) is 0 Å². The molecule has 0 aliphatic rings. The molecule has 0 unspecified atom stereocenters. The van der Waals surface area contributed by atoms with Gasteiger partial charge < -0.3 is 32.5 Å². The van der Waals surface area contributed by atoms with Crippen LogP contribution in [0, 0.1) is 0 Å². The summed E-state index contributed by atoms with van der Waals surface area (Å²) in [5.41, 5.74) is 7.84. The van der Waals surface area contributed by atoms with Crippen LogP contribution in [-0.4, -0.2) is 25.8 Å². The van der Waals surface area contributed by atoms with Gasteiger partial charge in [0.05, 0.1) is 12.6 Å². The molecule has 292 valence electrons. The van der Waals surface area contributed by atoms with Crippen molar-refractivity contribution >= 4 is 60.2 Å². The topological polar surface area (TPSA) is 69.4 Å². The van der Waals surface area contributed by atoms with Gasteiger partial charge in [0.1, 0.15) is 0 Å². The smallest absolute Gasteiger partial charge is 1.00 e. The molecule has 0 saturated carbocycles. The van der Waals surface area contributed by atoms with Crippen molar-refractivity contribution in [1.82, 2.24) is 0 Å². The van der Waals surface area contributed by atoms with Crippen LogP contribution in [0.1, 0.15) is 30.5 Å². The van der Waals surface area contributed by atoms with Gasteiger partial charge in [-0.05, 0) is 40.6 Å². The first-order valence-electron chi connectivity index (χ1n) is 18.2. The molecule has 0 atom stereocenters. The van der Waals surface area contributed by atoms with E-state index in [1.54, 1.807) is 0 Å². The minimum absolute atomic E-state index is 0. The Bertz CT molecular complexity index is 1880. The van der Waals surface area contributed by atoms with Crippen molar-refractivity contribution in [2.24, 2.45) is 5.73 Å². The SMILES string of the molecule is CCOCC.NCc1ccccc1.O=[C-]c1ccccc1P(c1ccccc1)c1ccccc1.O=[C-]c1ccccc1P(c1ccccc1)c1ccccc1.[Cl-].[Ir+3]. The summed E-state index contributed by atoms with van der Waals surface area (Å²) in [6, 6.07) is 66.9. The van der Waals surface area contributed by atoms with E-state index in [0.29, 0.717) is 17.7 Å². The van der Waals surface area contributed by atoms with Crippen molar-refractivity contribution in [3.05, 3.63) is 217 Å². The van der Waals surface area contributed by atoms with Gasteiger partial charge >= 0.3 is 20.1 Å². The Morgan fingerprint density at radius 3 is 0.930 bits per heavy atom. The van der Waals surface area contributed by atoms with Crippen LogP contribution in [-0.2, 0) is 41.0 Å². The van der Waals surface area contributed by atoms with E-state index in [0.717, 1.165) is 23.8 Å². The fraction of sp³-hybridized carbons (Fsp3) is 0.102. The van der Waals surface area contributed by atoms with Crippen LogP contribution in [0.2, 0.25) is 0 Å². The summed E-state index contributed by atoms with van der Waals surface area (Å²) in [4.78, 5) is 22.6. The molecule has 2 N–H and O–H groups in total. The van der Waals surface area contributed by atoms with Crippen molar-refractivity contribution in [2.75, 3.05) is 13.2 Å². The average molecular weight is 988 g/mol. The van der Waals surface area contributed by atoms with E-state index in [4.69, 9.17) is 10.5 Å². The summed E-state index contributed by atoms with van der Waals surface area (Å²) in [5, 5.41) is 7.06. The fourth-order valence-electron chi connectivity index (χ4n) is 5.49. The Kier molecular flexibility index (Phi) is 24.7. The van der Waals surface area contributed by atoms with E-state index in [1.165, 1.54) is 26.8 Å². The maximum absolute atomic E-state index is 11.3. The van der Waals surface area contributed by atoms with Crippen molar-refractivity contribution in [3.63, 3.8) is 0 Å². The molecule has 7 aromatic carbocycles. The Labute approximate surface area is 361 Å². The third-order valence-corrected chi connectivity index (χ3v) is 13.1. The third-order valence-electron chi connectivity index (χ3n) is 8.05. The van der Waals surface area contributed by atoms with E-state index < -0.39 is 15.8 Å². The maximum atomic E-state index is 11.3. The Balaban J connectivity index is 0.000000293. The molecule has 0 aromatic heterocycles. The summed E-state index contributed by atoms with van der Waals surface area (Å²) >= 11 is 0.